The molecule has 0 aliphatic carbocycles. The van der Waals surface area contributed by atoms with Crippen molar-refractivity contribution in [2.75, 3.05) is 6.54 Å². The van der Waals surface area contributed by atoms with Crippen LogP contribution in [0.2, 0.25) is 0 Å². The quantitative estimate of drug-likeness (QED) is 0.889. The molecule has 1 heterocycles. The van der Waals surface area contributed by atoms with Crippen molar-refractivity contribution in [3.8, 4) is 5.75 Å². The Morgan fingerprint density at radius 2 is 1.83 bits per heavy atom. The zero-order valence-electron chi connectivity index (χ0n) is 13.0. The van der Waals surface area contributed by atoms with Crippen LogP contribution in [0.25, 0.3) is 0 Å². The highest BCUT2D eigenvalue weighted by atomic mass is 16.5. The average molecular weight is 311 g/mol. The zero-order valence-corrected chi connectivity index (χ0v) is 13.0. The fourth-order valence-corrected chi connectivity index (χ4v) is 2.96. The third-order valence-corrected chi connectivity index (χ3v) is 4.21. The number of likely N-dealkylation sites (tertiary alicyclic amines) is 1. The van der Waals surface area contributed by atoms with Crippen LogP contribution in [0.5, 0.6) is 5.75 Å². The van der Waals surface area contributed by atoms with Crippen LogP contribution in [0.15, 0.2) is 54.6 Å². The summed E-state index contributed by atoms with van der Waals surface area (Å²) in [7, 11) is 0. The molecule has 1 N–H and O–H groups in total. The number of hydrogen-bond donors (Lipinski definition) is 1. The van der Waals surface area contributed by atoms with Gasteiger partial charge in [0, 0.05) is 6.54 Å². The van der Waals surface area contributed by atoms with Gasteiger partial charge in [-0.3, -0.25) is 9.69 Å². The van der Waals surface area contributed by atoms with Crippen LogP contribution in [0.3, 0.4) is 0 Å². The Morgan fingerprint density at radius 1 is 1.09 bits per heavy atom. The minimum absolute atomic E-state index is 0.344. The third kappa shape index (κ3) is 4.11. The summed E-state index contributed by atoms with van der Waals surface area (Å²) >= 11 is 0. The predicted octanol–water partition coefficient (Wildman–Crippen LogP) is 3.31. The van der Waals surface area contributed by atoms with Crippen LogP contribution < -0.4 is 4.74 Å². The van der Waals surface area contributed by atoms with Crippen molar-refractivity contribution in [1.82, 2.24) is 4.90 Å². The van der Waals surface area contributed by atoms with Crippen molar-refractivity contribution >= 4 is 5.97 Å². The highest BCUT2D eigenvalue weighted by Crippen LogP contribution is 2.21. The summed E-state index contributed by atoms with van der Waals surface area (Å²) in [5.41, 5.74) is 2.25. The number of carboxylic acids is 1. The van der Waals surface area contributed by atoms with Gasteiger partial charge in [-0.15, -0.1) is 0 Å². The molecule has 1 saturated heterocycles. The van der Waals surface area contributed by atoms with Crippen LogP contribution in [0.4, 0.5) is 0 Å². The first-order chi connectivity index (χ1) is 11.2. The molecule has 0 spiro atoms. The molecule has 1 fully saturated rings. The van der Waals surface area contributed by atoms with Crippen molar-refractivity contribution in [2.24, 2.45) is 0 Å². The summed E-state index contributed by atoms with van der Waals surface area (Å²) in [4.78, 5) is 13.2. The molecule has 2 aromatic rings. The monoisotopic (exact) mass is 311 g/mol. The molecule has 1 aliphatic heterocycles. The molecule has 1 atom stereocenters. The van der Waals surface area contributed by atoms with Gasteiger partial charge in [0.2, 0.25) is 0 Å². The normalized spacial score (nSPS) is 18.0. The number of rotatable bonds is 6. The zero-order chi connectivity index (χ0) is 16.1. The Bertz CT molecular complexity index is 639. The fourth-order valence-electron chi connectivity index (χ4n) is 2.96. The Hall–Kier alpha value is -2.33. The van der Waals surface area contributed by atoms with Gasteiger partial charge in [-0.05, 0) is 42.6 Å². The van der Waals surface area contributed by atoms with E-state index in [1.165, 1.54) is 0 Å². The van der Waals surface area contributed by atoms with E-state index >= 15 is 0 Å². The van der Waals surface area contributed by atoms with E-state index in [1.807, 2.05) is 59.5 Å². The molecular formula is C19H21NO3. The molecule has 0 bridgehead atoms. The summed E-state index contributed by atoms with van der Waals surface area (Å²) in [6, 6.07) is 17.6. The number of benzene rings is 2. The second-order valence-corrected chi connectivity index (χ2v) is 5.88. The lowest BCUT2D eigenvalue weighted by Gasteiger charge is -2.21. The van der Waals surface area contributed by atoms with Crippen molar-refractivity contribution < 1.29 is 14.6 Å². The van der Waals surface area contributed by atoms with Crippen LogP contribution in [-0.2, 0) is 17.9 Å². The molecule has 0 radical (unpaired) electrons. The van der Waals surface area contributed by atoms with Gasteiger partial charge < -0.3 is 9.84 Å². The van der Waals surface area contributed by atoms with Gasteiger partial charge in [-0.1, -0.05) is 42.5 Å². The van der Waals surface area contributed by atoms with E-state index in [2.05, 4.69) is 0 Å². The number of carboxylic acid groups (broad SMARTS) is 1. The van der Waals surface area contributed by atoms with Gasteiger partial charge in [-0.2, -0.15) is 0 Å². The van der Waals surface area contributed by atoms with Gasteiger partial charge >= 0.3 is 5.97 Å². The number of nitrogens with zero attached hydrogens (tertiary/aromatic N) is 1. The Labute approximate surface area is 136 Å². The molecule has 0 aromatic heterocycles. The predicted molar refractivity (Wildman–Crippen MR) is 88.3 cm³/mol. The first-order valence-corrected chi connectivity index (χ1v) is 7.95. The molecule has 0 unspecified atom stereocenters. The van der Waals surface area contributed by atoms with E-state index in [0.717, 1.165) is 36.3 Å². The van der Waals surface area contributed by atoms with Crippen molar-refractivity contribution in [2.45, 2.75) is 32.0 Å². The molecule has 2 aromatic carbocycles. The first-order valence-electron chi connectivity index (χ1n) is 7.95. The Balaban J connectivity index is 1.56. The Morgan fingerprint density at radius 3 is 2.52 bits per heavy atom. The highest BCUT2D eigenvalue weighted by Gasteiger charge is 2.30. The molecule has 120 valence electrons. The molecule has 0 saturated carbocycles. The van der Waals surface area contributed by atoms with Crippen LogP contribution >= 0.6 is 0 Å². The molecule has 23 heavy (non-hydrogen) atoms. The summed E-state index contributed by atoms with van der Waals surface area (Å²) in [6.07, 6.45) is 1.70. The van der Waals surface area contributed by atoms with Gasteiger partial charge in [0.1, 0.15) is 18.4 Å². The average Bonchev–Trinajstić information content (AvgIpc) is 3.04. The smallest absolute Gasteiger partial charge is 0.320 e. The summed E-state index contributed by atoms with van der Waals surface area (Å²) in [5, 5.41) is 9.22. The van der Waals surface area contributed by atoms with Gasteiger partial charge in [0.05, 0.1) is 0 Å². The van der Waals surface area contributed by atoms with Crippen LogP contribution in [0, 0.1) is 0 Å². The van der Waals surface area contributed by atoms with Crippen LogP contribution in [-0.4, -0.2) is 28.6 Å². The maximum absolute atomic E-state index is 11.2. The third-order valence-electron chi connectivity index (χ3n) is 4.21. The number of ether oxygens (including phenoxy) is 1. The van der Waals surface area contributed by atoms with Crippen molar-refractivity contribution in [1.29, 1.82) is 0 Å². The molecular weight excluding hydrogens is 290 g/mol. The summed E-state index contributed by atoms with van der Waals surface area (Å²) in [5.74, 6) is 0.110. The SMILES string of the molecule is O=C(O)[C@@H]1CCCN1Cc1ccc(OCc2ccccc2)cc1. The largest absolute Gasteiger partial charge is 0.489 e. The molecule has 4 heteroatoms. The molecule has 3 rings (SSSR count). The number of carbonyl (C=O) groups is 1. The van der Waals surface area contributed by atoms with E-state index in [1.54, 1.807) is 0 Å². The van der Waals surface area contributed by atoms with Gasteiger partial charge in [0.15, 0.2) is 0 Å². The van der Waals surface area contributed by atoms with Crippen LogP contribution in [0.1, 0.15) is 24.0 Å². The molecule has 4 nitrogen and oxygen atoms in total. The molecule has 1 aliphatic rings. The van der Waals surface area contributed by atoms with Gasteiger partial charge in [-0.25, -0.2) is 0 Å². The van der Waals surface area contributed by atoms with E-state index in [-0.39, 0.29) is 6.04 Å². The minimum Gasteiger partial charge on any atom is -0.489 e. The van der Waals surface area contributed by atoms with E-state index in [4.69, 9.17) is 4.74 Å². The Kier molecular flexibility index (Phi) is 4.93. The summed E-state index contributed by atoms with van der Waals surface area (Å²) in [6.45, 7) is 2.08. The number of hydrogen-bond acceptors (Lipinski definition) is 3. The van der Waals surface area contributed by atoms with E-state index in [9.17, 15) is 9.90 Å². The topological polar surface area (TPSA) is 49.8 Å². The first kappa shape index (κ1) is 15.6. The number of aliphatic carboxylic acids is 1. The lowest BCUT2D eigenvalue weighted by Crippen LogP contribution is -2.35. The van der Waals surface area contributed by atoms with E-state index < -0.39 is 5.97 Å². The molecule has 0 amide bonds. The second kappa shape index (κ2) is 7.29. The van der Waals surface area contributed by atoms with Crippen molar-refractivity contribution in [3.63, 3.8) is 0 Å². The standard InChI is InChI=1S/C19H21NO3/c21-19(22)18-7-4-12-20(18)13-15-8-10-17(11-9-15)23-14-16-5-2-1-3-6-16/h1-3,5-6,8-11,18H,4,7,12-14H2,(H,21,22)/t18-/m0/s1. The van der Waals surface area contributed by atoms with Crippen molar-refractivity contribution in [3.05, 3.63) is 65.7 Å². The minimum atomic E-state index is -0.717. The fraction of sp³-hybridized carbons (Fsp3) is 0.316. The maximum Gasteiger partial charge on any atom is 0.320 e. The van der Waals surface area contributed by atoms with Gasteiger partial charge in [0.25, 0.3) is 0 Å². The second-order valence-electron chi connectivity index (χ2n) is 5.88. The summed E-state index contributed by atoms with van der Waals surface area (Å²) < 4.78 is 5.77. The highest BCUT2D eigenvalue weighted by molar-refractivity contribution is 5.73. The maximum atomic E-state index is 11.2. The van der Waals surface area contributed by atoms with E-state index in [0.29, 0.717) is 13.2 Å². The lowest BCUT2D eigenvalue weighted by atomic mass is 10.1. The lowest BCUT2D eigenvalue weighted by molar-refractivity contribution is -0.142.